The Morgan fingerprint density at radius 1 is 0.931 bits per heavy atom. The van der Waals surface area contributed by atoms with Crippen molar-refractivity contribution in [3.63, 3.8) is 0 Å². The number of aliphatic hydroxyl groups is 1. The van der Waals surface area contributed by atoms with Crippen molar-refractivity contribution in [2.24, 2.45) is 0 Å². The third-order valence-electron chi connectivity index (χ3n) is 4.82. The zero-order valence-corrected chi connectivity index (χ0v) is 15.9. The Morgan fingerprint density at radius 3 is 2.21 bits per heavy atom. The van der Waals surface area contributed by atoms with E-state index >= 15 is 0 Å². The van der Waals surface area contributed by atoms with Crippen molar-refractivity contribution in [1.29, 1.82) is 0 Å². The van der Waals surface area contributed by atoms with Crippen LogP contribution >= 0.6 is 0 Å². The number of ether oxygens (including phenoxy) is 4. The Labute approximate surface area is 165 Å². The molecular formula is C21H18O8. The second kappa shape index (κ2) is 7.14. The molecule has 3 aromatic rings. The largest absolute Gasteiger partial charge is 0.493 e. The highest BCUT2D eigenvalue weighted by Gasteiger charge is 2.39. The molecule has 1 N–H and O–H groups in total. The SMILES string of the molecule is COc1cc(C2Oc3ccc4ccc(=O)oc4c3C(=O)C2O)cc(OC)c1OC. The zero-order chi connectivity index (χ0) is 20.7. The number of aliphatic hydroxyl groups excluding tert-OH is 1. The van der Waals surface area contributed by atoms with E-state index in [4.69, 9.17) is 23.4 Å². The van der Waals surface area contributed by atoms with Crippen LogP contribution in [0.1, 0.15) is 22.0 Å². The number of rotatable bonds is 4. The molecule has 4 rings (SSSR count). The van der Waals surface area contributed by atoms with E-state index in [0.717, 1.165) is 0 Å². The molecule has 0 fully saturated rings. The highest BCUT2D eigenvalue weighted by Crippen LogP contribution is 2.44. The van der Waals surface area contributed by atoms with Gasteiger partial charge in [-0.25, -0.2) is 4.79 Å². The summed E-state index contributed by atoms with van der Waals surface area (Å²) in [7, 11) is 4.41. The summed E-state index contributed by atoms with van der Waals surface area (Å²) in [4.78, 5) is 24.6. The predicted molar refractivity (Wildman–Crippen MR) is 102 cm³/mol. The number of hydrogen-bond acceptors (Lipinski definition) is 8. The van der Waals surface area contributed by atoms with Crippen LogP contribution in [-0.4, -0.2) is 38.3 Å². The fourth-order valence-electron chi connectivity index (χ4n) is 3.45. The lowest BCUT2D eigenvalue weighted by atomic mass is 9.92. The van der Waals surface area contributed by atoms with Crippen LogP contribution in [0.25, 0.3) is 11.0 Å². The van der Waals surface area contributed by atoms with E-state index in [0.29, 0.717) is 28.2 Å². The van der Waals surface area contributed by atoms with Crippen LogP contribution in [0.15, 0.2) is 45.6 Å². The van der Waals surface area contributed by atoms with Gasteiger partial charge in [-0.1, -0.05) is 0 Å². The maximum atomic E-state index is 13.0. The highest BCUT2D eigenvalue weighted by molar-refractivity contribution is 6.11. The van der Waals surface area contributed by atoms with Crippen LogP contribution in [0.2, 0.25) is 0 Å². The Kier molecular flexibility index (Phi) is 4.63. The third kappa shape index (κ3) is 2.98. The average Bonchev–Trinajstić information content (AvgIpc) is 2.74. The zero-order valence-electron chi connectivity index (χ0n) is 15.9. The average molecular weight is 398 g/mol. The van der Waals surface area contributed by atoms with Crippen LogP contribution in [0.4, 0.5) is 0 Å². The number of methoxy groups -OCH3 is 3. The Hall–Kier alpha value is -3.52. The van der Waals surface area contributed by atoms with Crippen LogP contribution in [0, 0.1) is 0 Å². The number of fused-ring (bicyclic) bond motifs is 3. The summed E-state index contributed by atoms with van der Waals surface area (Å²) in [5.41, 5.74) is -0.0145. The van der Waals surface area contributed by atoms with Crippen molar-refractivity contribution < 1.29 is 33.3 Å². The highest BCUT2D eigenvalue weighted by atomic mass is 16.5. The van der Waals surface area contributed by atoms with Gasteiger partial charge >= 0.3 is 5.63 Å². The van der Waals surface area contributed by atoms with Crippen molar-refractivity contribution >= 4 is 16.8 Å². The van der Waals surface area contributed by atoms with Crippen LogP contribution in [-0.2, 0) is 0 Å². The summed E-state index contributed by atoms with van der Waals surface area (Å²) in [5.74, 6) is 0.704. The number of Topliss-reactive ketones (excluding diaryl/α,β-unsaturated/α-hetero) is 1. The molecule has 0 aliphatic carbocycles. The predicted octanol–water partition coefficient (Wildman–Crippen LogP) is 2.50. The lowest BCUT2D eigenvalue weighted by molar-refractivity contribution is 0.0216. The van der Waals surface area contributed by atoms with E-state index in [9.17, 15) is 14.7 Å². The molecule has 2 heterocycles. The van der Waals surface area contributed by atoms with Gasteiger partial charge < -0.3 is 28.5 Å². The second-order valence-electron chi connectivity index (χ2n) is 6.42. The van der Waals surface area contributed by atoms with Gasteiger partial charge in [-0.05, 0) is 30.3 Å². The summed E-state index contributed by atoms with van der Waals surface area (Å²) < 4.78 is 27.1. The van der Waals surface area contributed by atoms with Crippen LogP contribution in [0.3, 0.4) is 0 Å². The van der Waals surface area contributed by atoms with Gasteiger partial charge in [0.15, 0.2) is 29.3 Å². The molecule has 2 unspecified atom stereocenters. The summed E-state index contributed by atoms with van der Waals surface area (Å²) >= 11 is 0. The van der Waals surface area contributed by atoms with Gasteiger partial charge in [0.25, 0.3) is 0 Å². The summed E-state index contributed by atoms with van der Waals surface area (Å²) in [6, 6.07) is 9.30. The molecule has 1 aromatic heterocycles. The molecule has 0 saturated carbocycles. The molecule has 8 nitrogen and oxygen atoms in total. The minimum atomic E-state index is -1.53. The number of hydrogen-bond donors (Lipinski definition) is 1. The molecule has 150 valence electrons. The summed E-state index contributed by atoms with van der Waals surface area (Å²) in [6.07, 6.45) is -2.54. The molecule has 0 bridgehead atoms. The van der Waals surface area contributed by atoms with Gasteiger partial charge in [-0.2, -0.15) is 0 Å². The third-order valence-corrected chi connectivity index (χ3v) is 4.82. The molecule has 2 aromatic carbocycles. The van der Waals surface area contributed by atoms with Crippen molar-refractivity contribution in [1.82, 2.24) is 0 Å². The molecular weight excluding hydrogens is 380 g/mol. The molecule has 0 radical (unpaired) electrons. The lowest BCUT2D eigenvalue weighted by Gasteiger charge is -2.30. The van der Waals surface area contributed by atoms with E-state index in [1.807, 2.05) is 0 Å². The topological polar surface area (TPSA) is 104 Å². The van der Waals surface area contributed by atoms with Gasteiger partial charge in [-0.3, -0.25) is 4.79 Å². The first kappa shape index (κ1) is 18.8. The van der Waals surface area contributed by atoms with Gasteiger partial charge in [0.05, 0.1) is 21.3 Å². The quantitative estimate of drug-likeness (QED) is 0.669. The number of benzene rings is 2. The Morgan fingerprint density at radius 2 is 1.59 bits per heavy atom. The van der Waals surface area contributed by atoms with E-state index < -0.39 is 23.6 Å². The monoisotopic (exact) mass is 398 g/mol. The van der Waals surface area contributed by atoms with E-state index in [1.54, 1.807) is 30.3 Å². The molecule has 1 aliphatic heterocycles. The molecule has 0 saturated heterocycles. The van der Waals surface area contributed by atoms with Crippen LogP contribution in [0.5, 0.6) is 23.0 Å². The van der Waals surface area contributed by atoms with Crippen molar-refractivity contribution in [2.45, 2.75) is 12.2 Å². The molecule has 0 spiro atoms. The maximum Gasteiger partial charge on any atom is 0.336 e. The van der Waals surface area contributed by atoms with E-state index in [1.165, 1.54) is 27.4 Å². The van der Waals surface area contributed by atoms with Crippen molar-refractivity contribution in [3.8, 4) is 23.0 Å². The number of ketones is 1. The number of carbonyl (C=O) groups is 1. The minimum Gasteiger partial charge on any atom is -0.493 e. The fraction of sp³-hybridized carbons (Fsp3) is 0.238. The summed E-state index contributed by atoms with van der Waals surface area (Å²) in [6.45, 7) is 0. The lowest BCUT2D eigenvalue weighted by Crippen LogP contribution is -2.36. The van der Waals surface area contributed by atoms with Gasteiger partial charge in [0, 0.05) is 17.0 Å². The Balaban J connectivity index is 1.85. The summed E-state index contributed by atoms with van der Waals surface area (Å²) in [5, 5.41) is 11.3. The second-order valence-corrected chi connectivity index (χ2v) is 6.42. The van der Waals surface area contributed by atoms with E-state index in [2.05, 4.69) is 0 Å². The minimum absolute atomic E-state index is 0.0383. The number of carbonyl (C=O) groups excluding carboxylic acids is 1. The molecule has 2 atom stereocenters. The van der Waals surface area contributed by atoms with Crippen molar-refractivity contribution in [3.05, 3.63) is 57.9 Å². The van der Waals surface area contributed by atoms with Gasteiger partial charge in [0.2, 0.25) is 11.5 Å². The first-order valence-corrected chi connectivity index (χ1v) is 8.74. The fourth-order valence-corrected chi connectivity index (χ4v) is 3.45. The molecule has 8 heteroatoms. The normalized spacial score (nSPS) is 18.1. The molecule has 0 amide bonds. The first-order chi connectivity index (χ1) is 14.0. The van der Waals surface area contributed by atoms with Crippen molar-refractivity contribution in [2.75, 3.05) is 21.3 Å². The standard InChI is InChI=1S/C21H18O8/c1-25-13-8-11(9-14(26-2)21(13)27-3)20-18(24)17(23)16-12(28-20)6-4-10-5-7-15(22)29-19(10)16/h4-9,18,20,24H,1-3H3. The Bertz CT molecular complexity index is 1140. The maximum absolute atomic E-state index is 13.0. The van der Waals surface area contributed by atoms with Gasteiger partial charge in [-0.15, -0.1) is 0 Å². The van der Waals surface area contributed by atoms with E-state index in [-0.39, 0.29) is 16.9 Å². The molecule has 29 heavy (non-hydrogen) atoms. The van der Waals surface area contributed by atoms with Gasteiger partial charge in [0.1, 0.15) is 11.3 Å². The molecule has 1 aliphatic rings. The first-order valence-electron chi connectivity index (χ1n) is 8.74. The smallest absolute Gasteiger partial charge is 0.336 e. The van der Waals surface area contributed by atoms with Crippen LogP contribution < -0.4 is 24.6 Å².